The first-order valence-corrected chi connectivity index (χ1v) is 13.5. The summed E-state index contributed by atoms with van der Waals surface area (Å²) in [6, 6.07) is 20.4. The standard InChI is InChI=1S/C32H23ClF3N3O3/c33-28-25(15-21-9-3-8-20-7-1-2-12-24(20)21)27(22-10-4-11-23(14-22)32(34,35)36)29-38(17-19-6-5-13-37-16-19)18-26(31(41)42)39(29)30(28)40/h1-14,16,26H,15,17-18H2,(H,41,42). The number of fused-ring (bicyclic) bond motifs is 2. The summed E-state index contributed by atoms with van der Waals surface area (Å²) in [5.74, 6) is -1.05. The molecule has 2 aromatic heterocycles. The Bertz CT molecular complexity index is 1880. The van der Waals surface area contributed by atoms with Crippen LogP contribution in [0.4, 0.5) is 19.0 Å². The zero-order valence-corrected chi connectivity index (χ0v) is 22.7. The van der Waals surface area contributed by atoms with Gasteiger partial charge in [0.25, 0.3) is 5.56 Å². The molecule has 6 rings (SSSR count). The van der Waals surface area contributed by atoms with Crippen molar-refractivity contribution < 1.29 is 23.1 Å². The van der Waals surface area contributed by atoms with Gasteiger partial charge in [-0.05, 0) is 51.2 Å². The second-order valence-electron chi connectivity index (χ2n) is 10.2. The van der Waals surface area contributed by atoms with Crippen molar-refractivity contribution in [2.75, 3.05) is 11.4 Å². The predicted octanol–water partition coefficient (Wildman–Crippen LogP) is 6.97. The van der Waals surface area contributed by atoms with Crippen LogP contribution in [-0.2, 0) is 23.9 Å². The fourth-order valence-electron chi connectivity index (χ4n) is 5.67. The number of aromatic nitrogens is 2. The van der Waals surface area contributed by atoms with Gasteiger partial charge in [-0.1, -0.05) is 72.3 Å². The fraction of sp³-hybridized carbons (Fsp3) is 0.156. The first kappa shape index (κ1) is 27.5. The van der Waals surface area contributed by atoms with Crippen molar-refractivity contribution in [3.05, 3.63) is 129 Å². The van der Waals surface area contributed by atoms with E-state index in [1.54, 1.807) is 29.4 Å². The van der Waals surface area contributed by atoms with Crippen LogP contribution in [0.5, 0.6) is 0 Å². The van der Waals surface area contributed by atoms with Gasteiger partial charge >= 0.3 is 12.1 Å². The molecule has 0 amide bonds. The summed E-state index contributed by atoms with van der Waals surface area (Å²) in [5, 5.41) is 11.7. The first-order chi connectivity index (χ1) is 20.1. The maximum Gasteiger partial charge on any atom is 0.416 e. The fourth-order valence-corrected chi connectivity index (χ4v) is 5.92. The highest BCUT2D eigenvalue weighted by atomic mass is 35.5. The molecule has 0 bridgehead atoms. The monoisotopic (exact) mass is 589 g/mol. The van der Waals surface area contributed by atoms with E-state index in [0.717, 1.165) is 38.6 Å². The van der Waals surface area contributed by atoms with Crippen molar-refractivity contribution in [3.8, 4) is 11.1 Å². The van der Waals surface area contributed by atoms with E-state index in [2.05, 4.69) is 4.98 Å². The van der Waals surface area contributed by atoms with E-state index in [1.165, 1.54) is 12.1 Å². The summed E-state index contributed by atoms with van der Waals surface area (Å²) in [5.41, 5.74) is 0.759. The maximum atomic E-state index is 13.9. The quantitative estimate of drug-likeness (QED) is 0.231. The van der Waals surface area contributed by atoms with Crippen molar-refractivity contribution in [1.82, 2.24) is 9.55 Å². The number of anilines is 1. The molecular weight excluding hydrogens is 567 g/mol. The molecule has 3 heterocycles. The first-order valence-electron chi connectivity index (χ1n) is 13.1. The van der Waals surface area contributed by atoms with Gasteiger partial charge in [0.1, 0.15) is 10.8 Å². The molecule has 0 radical (unpaired) electrons. The van der Waals surface area contributed by atoms with E-state index < -0.39 is 29.3 Å². The molecule has 0 saturated carbocycles. The molecular formula is C32H23ClF3N3O3. The number of alkyl halides is 3. The van der Waals surface area contributed by atoms with Gasteiger partial charge in [0, 0.05) is 30.9 Å². The second kappa shape index (κ2) is 10.6. The normalized spacial score (nSPS) is 14.8. The molecule has 3 aromatic carbocycles. The van der Waals surface area contributed by atoms with E-state index in [-0.39, 0.29) is 41.5 Å². The van der Waals surface area contributed by atoms with Crippen molar-refractivity contribution in [3.63, 3.8) is 0 Å². The van der Waals surface area contributed by atoms with E-state index in [4.69, 9.17) is 11.6 Å². The molecule has 0 saturated heterocycles. The minimum Gasteiger partial charge on any atom is -0.480 e. The van der Waals surface area contributed by atoms with E-state index in [1.807, 2.05) is 42.5 Å². The Morgan fingerprint density at radius 1 is 1.02 bits per heavy atom. The SMILES string of the molecule is O=C(O)C1CN(Cc2cccnc2)c2c(-c3cccc(C(F)(F)F)c3)c(Cc3cccc4ccccc34)c(Cl)c(=O)n21. The average molecular weight is 590 g/mol. The van der Waals surface area contributed by atoms with Crippen molar-refractivity contribution >= 4 is 34.2 Å². The summed E-state index contributed by atoms with van der Waals surface area (Å²) >= 11 is 6.76. The lowest BCUT2D eigenvalue weighted by Gasteiger charge is -2.25. The number of carboxylic acid groups (broad SMARTS) is 1. The van der Waals surface area contributed by atoms with Crippen LogP contribution in [0, 0.1) is 0 Å². The summed E-state index contributed by atoms with van der Waals surface area (Å²) in [7, 11) is 0. The van der Waals surface area contributed by atoms with Crippen LogP contribution in [0.2, 0.25) is 5.02 Å². The van der Waals surface area contributed by atoms with Crippen LogP contribution >= 0.6 is 11.6 Å². The number of carbonyl (C=O) groups is 1. The minimum atomic E-state index is -4.62. The number of hydrogen-bond donors (Lipinski definition) is 1. The molecule has 212 valence electrons. The summed E-state index contributed by atoms with van der Waals surface area (Å²) in [4.78, 5) is 32.0. The van der Waals surface area contributed by atoms with Crippen LogP contribution in [0.15, 0.2) is 96.1 Å². The minimum absolute atomic E-state index is 0.0839. The average Bonchev–Trinajstić information content (AvgIpc) is 3.35. The van der Waals surface area contributed by atoms with Crippen molar-refractivity contribution in [2.24, 2.45) is 0 Å². The molecule has 1 aliphatic rings. The highest BCUT2D eigenvalue weighted by molar-refractivity contribution is 6.32. The predicted molar refractivity (Wildman–Crippen MR) is 155 cm³/mol. The van der Waals surface area contributed by atoms with Gasteiger partial charge in [-0.3, -0.25) is 14.3 Å². The Balaban J connectivity index is 1.66. The van der Waals surface area contributed by atoms with Crippen LogP contribution in [-0.4, -0.2) is 27.2 Å². The number of rotatable bonds is 6. The smallest absolute Gasteiger partial charge is 0.416 e. The van der Waals surface area contributed by atoms with Crippen molar-refractivity contribution in [2.45, 2.75) is 25.2 Å². The van der Waals surface area contributed by atoms with Gasteiger partial charge < -0.3 is 10.0 Å². The molecule has 1 unspecified atom stereocenters. The Morgan fingerprint density at radius 3 is 2.52 bits per heavy atom. The van der Waals surface area contributed by atoms with E-state index >= 15 is 0 Å². The third-order valence-corrected chi connectivity index (χ3v) is 7.93. The Morgan fingerprint density at radius 2 is 1.79 bits per heavy atom. The number of hydrogen-bond acceptors (Lipinski definition) is 4. The number of nitrogens with zero attached hydrogens (tertiary/aromatic N) is 3. The van der Waals surface area contributed by atoms with Gasteiger partial charge in [-0.2, -0.15) is 13.2 Å². The topological polar surface area (TPSA) is 75.4 Å². The van der Waals surface area contributed by atoms with Gasteiger partial charge in [-0.25, -0.2) is 4.79 Å². The van der Waals surface area contributed by atoms with Gasteiger partial charge in [0.2, 0.25) is 0 Å². The van der Waals surface area contributed by atoms with E-state index in [0.29, 0.717) is 5.56 Å². The highest BCUT2D eigenvalue weighted by Gasteiger charge is 2.39. The highest BCUT2D eigenvalue weighted by Crippen LogP contribution is 2.44. The van der Waals surface area contributed by atoms with Crippen molar-refractivity contribution in [1.29, 1.82) is 0 Å². The lowest BCUT2D eigenvalue weighted by Crippen LogP contribution is -2.29. The van der Waals surface area contributed by atoms with Crippen LogP contribution in [0.1, 0.15) is 28.3 Å². The number of benzene rings is 3. The zero-order chi connectivity index (χ0) is 29.6. The number of carboxylic acids is 1. The third kappa shape index (κ3) is 4.90. The second-order valence-corrected chi connectivity index (χ2v) is 10.5. The largest absolute Gasteiger partial charge is 0.480 e. The zero-order valence-electron chi connectivity index (χ0n) is 22.0. The molecule has 1 N–H and O–H groups in total. The number of pyridine rings is 2. The summed E-state index contributed by atoms with van der Waals surface area (Å²) in [6.07, 6.45) is -1.27. The molecule has 1 atom stereocenters. The molecule has 6 nitrogen and oxygen atoms in total. The molecule has 0 aliphatic carbocycles. The van der Waals surface area contributed by atoms with E-state index in [9.17, 15) is 27.9 Å². The molecule has 0 spiro atoms. The molecule has 5 aromatic rings. The van der Waals surface area contributed by atoms with Gasteiger partial charge in [-0.15, -0.1) is 0 Å². The van der Waals surface area contributed by atoms with Crippen LogP contribution in [0.3, 0.4) is 0 Å². The number of aliphatic carboxylic acids is 1. The maximum absolute atomic E-state index is 13.9. The Kier molecular flexibility index (Phi) is 6.98. The van der Waals surface area contributed by atoms with Crippen LogP contribution < -0.4 is 10.5 Å². The third-order valence-electron chi connectivity index (χ3n) is 7.54. The summed E-state index contributed by atoms with van der Waals surface area (Å²) in [6.45, 7) is 0.0951. The lowest BCUT2D eigenvalue weighted by atomic mass is 9.92. The Hall–Kier alpha value is -4.63. The van der Waals surface area contributed by atoms with Gasteiger partial charge in [0.15, 0.2) is 6.04 Å². The summed E-state index contributed by atoms with van der Waals surface area (Å²) < 4.78 is 42.7. The molecule has 10 heteroatoms. The lowest BCUT2D eigenvalue weighted by molar-refractivity contribution is -0.140. The molecule has 42 heavy (non-hydrogen) atoms. The Labute approximate surface area is 243 Å². The number of halogens is 4. The van der Waals surface area contributed by atoms with Gasteiger partial charge in [0.05, 0.1) is 12.1 Å². The molecule has 0 fully saturated rings. The van der Waals surface area contributed by atoms with Crippen LogP contribution in [0.25, 0.3) is 21.9 Å². The molecule has 1 aliphatic heterocycles.